The zero-order valence-corrected chi connectivity index (χ0v) is 5.58. The topological polar surface area (TPSA) is 43.1 Å². The van der Waals surface area contributed by atoms with E-state index in [1.165, 1.54) is 0 Å². The molecule has 0 fully saturated rings. The number of carbonyl (C=O) groups is 1. The van der Waals surface area contributed by atoms with E-state index in [1.807, 2.05) is 18.2 Å². The number of hydrogen-bond acceptors (Lipinski definition) is 1. The van der Waals surface area contributed by atoms with E-state index in [9.17, 15) is 4.79 Å². The van der Waals surface area contributed by atoms with Crippen LogP contribution in [-0.2, 0) is 4.79 Å². The fourth-order valence-corrected chi connectivity index (χ4v) is 0.744. The number of carbonyl (C=O) groups excluding carboxylic acids is 1. The second-order valence-corrected chi connectivity index (χ2v) is 2.05. The van der Waals surface area contributed by atoms with Crippen LogP contribution in [0.25, 0.3) is 0 Å². The van der Waals surface area contributed by atoms with Crippen LogP contribution in [0.1, 0.15) is 6.42 Å². The van der Waals surface area contributed by atoms with Crippen LogP contribution in [0, 0.1) is 0 Å². The van der Waals surface area contributed by atoms with Crippen molar-refractivity contribution in [3.05, 3.63) is 36.0 Å². The molecule has 0 spiro atoms. The monoisotopic (exact) mass is 135 g/mol. The number of allylic oxidation sites excluding steroid dienone is 4. The molecule has 0 aromatic heterocycles. The Morgan fingerprint density at radius 2 is 2.30 bits per heavy atom. The highest BCUT2D eigenvalue weighted by atomic mass is 16.1. The molecule has 1 amide bonds. The molecule has 2 nitrogen and oxygen atoms in total. The molecular weight excluding hydrogens is 126 g/mol. The molecule has 0 aliphatic heterocycles. The second kappa shape index (κ2) is 3.01. The van der Waals surface area contributed by atoms with E-state index in [2.05, 4.69) is 0 Å². The first-order chi connectivity index (χ1) is 4.80. The lowest BCUT2D eigenvalue weighted by Crippen LogP contribution is -2.11. The van der Waals surface area contributed by atoms with Gasteiger partial charge in [-0.3, -0.25) is 4.79 Å². The van der Waals surface area contributed by atoms with Crippen molar-refractivity contribution in [2.45, 2.75) is 6.42 Å². The molecule has 2 heteroatoms. The Bertz CT molecular complexity index is 223. The van der Waals surface area contributed by atoms with Crippen molar-refractivity contribution in [2.75, 3.05) is 0 Å². The minimum Gasteiger partial charge on any atom is -0.366 e. The summed E-state index contributed by atoms with van der Waals surface area (Å²) in [6.45, 7) is 0. The Morgan fingerprint density at radius 3 is 3.00 bits per heavy atom. The fourth-order valence-electron chi connectivity index (χ4n) is 0.744. The highest BCUT2D eigenvalue weighted by molar-refractivity contribution is 5.95. The van der Waals surface area contributed by atoms with Gasteiger partial charge in [-0.15, -0.1) is 0 Å². The van der Waals surface area contributed by atoms with Gasteiger partial charge in [-0.25, -0.2) is 0 Å². The van der Waals surface area contributed by atoms with Gasteiger partial charge in [0.1, 0.15) is 0 Å². The average Bonchev–Trinajstić information content (AvgIpc) is 2.12. The quantitative estimate of drug-likeness (QED) is 0.570. The van der Waals surface area contributed by atoms with Crippen molar-refractivity contribution in [1.29, 1.82) is 0 Å². The van der Waals surface area contributed by atoms with Gasteiger partial charge in [-0.05, 0) is 12.5 Å². The molecule has 2 N–H and O–H groups in total. The molecule has 1 rings (SSSR count). The number of nitrogens with two attached hydrogens (primary N) is 1. The van der Waals surface area contributed by atoms with E-state index in [0.717, 1.165) is 6.42 Å². The van der Waals surface area contributed by atoms with Gasteiger partial charge in [0.25, 0.3) is 0 Å². The van der Waals surface area contributed by atoms with E-state index in [0.29, 0.717) is 5.57 Å². The van der Waals surface area contributed by atoms with E-state index in [1.54, 1.807) is 12.2 Å². The van der Waals surface area contributed by atoms with E-state index >= 15 is 0 Å². The molecule has 0 saturated heterocycles. The van der Waals surface area contributed by atoms with Crippen LogP contribution >= 0.6 is 0 Å². The van der Waals surface area contributed by atoms with Gasteiger partial charge < -0.3 is 5.73 Å². The van der Waals surface area contributed by atoms with E-state index < -0.39 is 0 Å². The van der Waals surface area contributed by atoms with Crippen molar-refractivity contribution < 1.29 is 4.79 Å². The SMILES string of the molecule is NC(=O)C1=CC=CCC=C1. The molecule has 0 bridgehead atoms. The number of hydrogen-bond donors (Lipinski definition) is 1. The van der Waals surface area contributed by atoms with Gasteiger partial charge in [-0.2, -0.15) is 0 Å². The summed E-state index contributed by atoms with van der Waals surface area (Å²) < 4.78 is 0. The van der Waals surface area contributed by atoms with Crippen molar-refractivity contribution >= 4 is 5.91 Å². The third kappa shape index (κ3) is 1.58. The van der Waals surface area contributed by atoms with Crippen LogP contribution in [0.3, 0.4) is 0 Å². The second-order valence-electron chi connectivity index (χ2n) is 2.05. The first-order valence-electron chi connectivity index (χ1n) is 3.14. The van der Waals surface area contributed by atoms with Gasteiger partial charge in [0.05, 0.1) is 0 Å². The molecule has 0 aromatic carbocycles. The first-order valence-corrected chi connectivity index (χ1v) is 3.14. The Kier molecular flexibility index (Phi) is 2.05. The Morgan fingerprint density at radius 1 is 1.50 bits per heavy atom. The zero-order valence-electron chi connectivity index (χ0n) is 5.58. The van der Waals surface area contributed by atoms with E-state index in [4.69, 9.17) is 5.73 Å². The Hall–Kier alpha value is -1.31. The van der Waals surface area contributed by atoms with Gasteiger partial charge in [-0.1, -0.05) is 24.3 Å². The van der Waals surface area contributed by atoms with Crippen LogP contribution in [0.15, 0.2) is 36.0 Å². The minimum absolute atomic E-state index is 0.372. The van der Waals surface area contributed by atoms with Crippen LogP contribution in [0.5, 0.6) is 0 Å². The lowest BCUT2D eigenvalue weighted by molar-refractivity contribution is -0.114. The maximum Gasteiger partial charge on any atom is 0.248 e. The van der Waals surface area contributed by atoms with Crippen molar-refractivity contribution in [2.24, 2.45) is 5.73 Å². The third-order valence-corrected chi connectivity index (χ3v) is 1.27. The summed E-state index contributed by atoms with van der Waals surface area (Å²) >= 11 is 0. The highest BCUT2D eigenvalue weighted by Crippen LogP contribution is 2.02. The summed E-state index contributed by atoms with van der Waals surface area (Å²) in [4.78, 5) is 10.6. The zero-order chi connectivity index (χ0) is 7.40. The predicted octanol–water partition coefficient (Wildman–Crippen LogP) is 0.914. The summed E-state index contributed by atoms with van der Waals surface area (Å²) in [7, 11) is 0. The van der Waals surface area contributed by atoms with Gasteiger partial charge in [0.2, 0.25) is 5.91 Å². The van der Waals surface area contributed by atoms with Crippen LogP contribution in [0.4, 0.5) is 0 Å². The summed E-state index contributed by atoms with van der Waals surface area (Å²) in [6.07, 6.45) is 10.0. The molecule has 1 aliphatic rings. The molecule has 0 saturated carbocycles. The number of amides is 1. The maximum atomic E-state index is 10.6. The molecule has 0 heterocycles. The van der Waals surface area contributed by atoms with E-state index in [-0.39, 0.29) is 5.91 Å². The smallest absolute Gasteiger partial charge is 0.248 e. The molecule has 0 radical (unpaired) electrons. The summed E-state index contributed by atoms with van der Waals surface area (Å²) in [6, 6.07) is 0. The normalized spacial score (nSPS) is 16.2. The molecule has 0 unspecified atom stereocenters. The van der Waals surface area contributed by atoms with Crippen molar-refractivity contribution in [1.82, 2.24) is 0 Å². The molecular formula is C8H9NO. The molecule has 0 aromatic rings. The Balaban J connectivity index is 2.83. The third-order valence-electron chi connectivity index (χ3n) is 1.27. The largest absolute Gasteiger partial charge is 0.366 e. The summed E-state index contributed by atoms with van der Waals surface area (Å²) in [5.41, 5.74) is 5.61. The van der Waals surface area contributed by atoms with Gasteiger partial charge >= 0.3 is 0 Å². The average molecular weight is 135 g/mol. The lowest BCUT2D eigenvalue weighted by Gasteiger charge is -1.89. The van der Waals surface area contributed by atoms with Gasteiger partial charge in [0, 0.05) is 5.57 Å². The fraction of sp³-hybridized carbons (Fsp3) is 0.125. The summed E-state index contributed by atoms with van der Waals surface area (Å²) in [5.74, 6) is -0.372. The van der Waals surface area contributed by atoms with Crippen LogP contribution in [-0.4, -0.2) is 5.91 Å². The molecule has 10 heavy (non-hydrogen) atoms. The maximum absolute atomic E-state index is 10.6. The lowest BCUT2D eigenvalue weighted by atomic mass is 10.2. The van der Waals surface area contributed by atoms with Crippen LogP contribution < -0.4 is 5.73 Å². The summed E-state index contributed by atoms with van der Waals surface area (Å²) in [5, 5.41) is 0. The highest BCUT2D eigenvalue weighted by Gasteiger charge is 1.98. The number of primary amides is 1. The Labute approximate surface area is 59.7 Å². The first kappa shape index (κ1) is 6.81. The van der Waals surface area contributed by atoms with Crippen molar-refractivity contribution in [3.63, 3.8) is 0 Å². The predicted molar refractivity (Wildman–Crippen MR) is 40.2 cm³/mol. The minimum atomic E-state index is -0.372. The molecule has 52 valence electrons. The van der Waals surface area contributed by atoms with Gasteiger partial charge in [0.15, 0.2) is 0 Å². The van der Waals surface area contributed by atoms with Crippen LogP contribution in [0.2, 0.25) is 0 Å². The molecule has 1 aliphatic carbocycles. The number of rotatable bonds is 1. The standard InChI is InChI=1S/C8H9NO/c9-8(10)7-5-3-1-2-4-6-7/h1,3-6H,2H2,(H2,9,10). The van der Waals surface area contributed by atoms with Crippen molar-refractivity contribution in [3.8, 4) is 0 Å². The molecule has 0 atom stereocenters.